The topological polar surface area (TPSA) is 86.2 Å². The van der Waals surface area contributed by atoms with Crippen molar-refractivity contribution in [3.8, 4) is 11.3 Å². The Morgan fingerprint density at radius 1 is 1.25 bits per heavy atom. The summed E-state index contributed by atoms with van der Waals surface area (Å²) in [6, 6.07) is 4.06. The summed E-state index contributed by atoms with van der Waals surface area (Å²) < 4.78 is 26.3. The lowest BCUT2D eigenvalue weighted by molar-refractivity contribution is 0.126. The fraction of sp³-hybridized carbons (Fsp3) is 0.609. The van der Waals surface area contributed by atoms with E-state index in [2.05, 4.69) is 25.6 Å². The average Bonchev–Trinajstić information content (AvgIpc) is 2.79. The van der Waals surface area contributed by atoms with Crippen LogP contribution in [0.5, 0.6) is 0 Å². The van der Waals surface area contributed by atoms with Gasteiger partial charge in [-0.3, -0.25) is 9.88 Å². The van der Waals surface area contributed by atoms with Gasteiger partial charge in [0.1, 0.15) is 18.7 Å². The highest BCUT2D eigenvalue weighted by Crippen LogP contribution is 2.29. The van der Waals surface area contributed by atoms with E-state index in [0.29, 0.717) is 31.3 Å². The maximum absolute atomic E-state index is 13.7. The normalized spacial score (nSPS) is 19.7. The van der Waals surface area contributed by atoms with Gasteiger partial charge in [0.15, 0.2) is 0 Å². The van der Waals surface area contributed by atoms with E-state index >= 15 is 0 Å². The van der Waals surface area contributed by atoms with Crippen molar-refractivity contribution in [1.82, 2.24) is 19.9 Å². The maximum Gasteiger partial charge on any atom is 0.224 e. The first-order valence-electron chi connectivity index (χ1n) is 11.4. The smallest absolute Gasteiger partial charge is 0.224 e. The number of aliphatic hydroxyl groups excluding tert-OH is 1. The zero-order valence-corrected chi connectivity index (χ0v) is 18.9. The number of aliphatic hydroxyl groups is 1. The molecule has 3 rings (SSSR count). The van der Waals surface area contributed by atoms with Crippen molar-refractivity contribution >= 4 is 11.8 Å². The zero-order chi connectivity index (χ0) is 22.9. The molecular formula is C23H34F2N6O. The third-order valence-corrected chi connectivity index (χ3v) is 5.77. The number of hydrogen-bond donors (Lipinski definition) is 3. The second kappa shape index (κ2) is 12.0. The summed E-state index contributed by atoms with van der Waals surface area (Å²) in [5, 5.41) is 16.3. The SMILES string of the molecule is CC[C@H](F)CNc1ncc(-c2cc(CN(C)CCF)ccn2)c(NC2CCC(O)CC2)n1. The van der Waals surface area contributed by atoms with Gasteiger partial charge >= 0.3 is 0 Å². The second-order valence-electron chi connectivity index (χ2n) is 8.47. The monoisotopic (exact) mass is 448 g/mol. The van der Waals surface area contributed by atoms with E-state index in [-0.39, 0.29) is 18.7 Å². The number of alkyl halides is 2. The fourth-order valence-electron chi connectivity index (χ4n) is 3.78. The van der Waals surface area contributed by atoms with E-state index in [9.17, 15) is 13.9 Å². The molecule has 0 unspecified atom stereocenters. The lowest BCUT2D eigenvalue weighted by Crippen LogP contribution is -2.29. The van der Waals surface area contributed by atoms with Crippen LogP contribution in [-0.2, 0) is 6.54 Å². The minimum absolute atomic E-state index is 0.152. The van der Waals surface area contributed by atoms with Crippen molar-refractivity contribution < 1.29 is 13.9 Å². The highest BCUT2D eigenvalue weighted by atomic mass is 19.1. The molecule has 176 valence electrons. The predicted octanol–water partition coefficient (Wildman–Crippen LogP) is 3.82. The molecule has 7 nitrogen and oxygen atoms in total. The average molecular weight is 449 g/mol. The van der Waals surface area contributed by atoms with Crippen molar-refractivity contribution in [3.63, 3.8) is 0 Å². The molecule has 9 heteroatoms. The molecule has 1 aliphatic carbocycles. The Hall–Kier alpha value is -2.39. The van der Waals surface area contributed by atoms with E-state index in [1.807, 2.05) is 24.1 Å². The van der Waals surface area contributed by atoms with Gasteiger partial charge in [-0.2, -0.15) is 4.98 Å². The summed E-state index contributed by atoms with van der Waals surface area (Å²) in [4.78, 5) is 15.4. The van der Waals surface area contributed by atoms with Crippen LogP contribution in [0.15, 0.2) is 24.5 Å². The molecule has 1 saturated carbocycles. The highest BCUT2D eigenvalue weighted by molar-refractivity contribution is 5.73. The standard InChI is InChI=1S/C23H34F2N6O/c1-3-17(25)13-27-23-28-14-20(22(30-23)29-18-4-6-19(32)7-5-18)21-12-16(8-10-26-21)15-31(2)11-9-24/h8,10,12,14,17-19,32H,3-7,9,11,13,15H2,1-2H3,(H2,27,28,29,30)/t17-,18?,19?/m0/s1. The Bertz CT molecular complexity index is 847. The van der Waals surface area contributed by atoms with Gasteiger partial charge in [-0.05, 0) is 56.8 Å². The third-order valence-electron chi connectivity index (χ3n) is 5.77. The van der Waals surface area contributed by atoms with Gasteiger partial charge in [-0.15, -0.1) is 0 Å². The van der Waals surface area contributed by atoms with Gasteiger partial charge < -0.3 is 15.7 Å². The van der Waals surface area contributed by atoms with Crippen molar-refractivity contribution in [2.75, 3.05) is 37.4 Å². The quantitative estimate of drug-likeness (QED) is 0.482. The minimum atomic E-state index is -0.964. The molecular weight excluding hydrogens is 414 g/mol. The molecule has 3 N–H and O–H groups in total. The minimum Gasteiger partial charge on any atom is -0.393 e. The number of anilines is 2. The van der Waals surface area contributed by atoms with Gasteiger partial charge in [0, 0.05) is 38.1 Å². The molecule has 0 amide bonds. The Morgan fingerprint density at radius 3 is 2.75 bits per heavy atom. The Balaban J connectivity index is 1.84. The van der Waals surface area contributed by atoms with Crippen molar-refractivity contribution in [2.45, 2.75) is 63.9 Å². The first-order valence-corrected chi connectivity index (χ1v) is 11.4. The first kappa shape index (κ1) is 24.3. The van der Waals surface area contributed by atoms with Crippen LogP contribution in [0.25, 0.3) is 11.3 Å². The highest BCUT2D eigenvalue weighted by Gasteiger charge is 2.22. The molecule has 1 atom stereocenters. The summed E-state index contributed by atoms with van der Waals surface area (Å²) in [5.74, 6) is 1.000. The van der Waals surface area contributed by atoms with Crippen LogP contribution in [0.4, 0.5) is 20.5 Å². The molecule has 32 heavy (non-hydrogen) atoms. The molecule has 0 saturated heterocycles. The van der Waals surface area contributed by atoms with Crippen molar-refractivity contribution in [1.29, 1.82) is 0 Å². The molecule has 0 bridgehead atoms. The number of nitrogens with zero attached hydrogens (tertiary/aromatic N) is 4. The Kier molecular flexibility index (Phi) is 9.11. The van der Waals surface area contributed by atoms with Crippen LogP contribution in [0.3, 0.4) is 0 Å². The Morgan fingerprint density at radius 2 is 2.03 bits per heavy atom. The van der Waals surface area contributed by atoms with Crippen LogP contribution in [0.2, 0.25) is 0 Å². The summed E-state index contributed by atoms with van der Waals surface area (Å²) in [7, 11) is 1.88. The van der Waals surface area contributed by atoms with Crippen LogP contribution < -0.4 is 10.6 Å². The van der Waals surface area contributed by atoms with E-state index < -0.39 is 12.8 Å². The number of hydrogen-bond acceptors (Lipinski definition) is 7. The summed E-state index contributed by atoms with van der Waals surface area (Å²) in [5.41, 5.74) is 2.49. The molecule has 0 aliphatic heterocycles. The molecule has 0 aromatic carbocycles. The third kappa shape index (κ3) is 7.06. The van der Waals surface area contributed by atoms with Crippen molar-refractivity contribution in [3.05, 3.63) is 30.1 Å². The zero-order valence-electron chi connectivity index (χ0n) is 18.9. The molecule has 0 radical (unpaired) electrons. The van der Waals surface area contributed by atoms with Crippen LogP contribution in [-0.4, -0.2) is 70.1 Å². The summed E-state index contributed by atoms with van der Waals surface area (Å²) in [6.07, 6.45) is 5.83. The molecule has 2 aromatic heterocycles. The van der Waals surface area contributed by atoms with E-state index in [0.717, 1.165) is 42.5 Å². The molecule has 0 spiro atoms. The van der Waals surface area contributed by atoms with Gasteiger partial charge in [-0.25, -0.2) is 13.8 Å². The van der Waals surface area contributed by atoms with Gasteiger partial charge in [0.05, 0.1) is 17.4 Å². The predicted molar refractivity (Wildman–Crippen MR) is 123 cm³/mol. The van der Waals surface area contributed by atoms with Crippen LogP contribution in [0, 0.1) is 0 Å². The number of halogens is 2. The van der Waals surface area contributed by atoms with Gasteiger partial charge in [0.25, 0.3) is 0 Å². The van der Waals surface area contributed by atoms with E-state index in [1.54, 1.807) is 19.3 Å². The lowest BCUT2D eigenvalue weighted by Gasteiger charge is -2.27. The number of aromatic nitrogens is 3. The van der Waals surface area contributed by atoms with Crippen LogP contribution in [0.1, 0.15) is 44.6 Å². The van der Waals surface area contributed by atoms with Gasteiger partial charge in [-0.1, -0.05) is 6.92 Å². The van der Waals surface area contributed by atoms with Crippen molar-refractivity contribution in [2.24, 2.45) is 0 Å². The number of pyridine rings is 1. The second-order valence-corrected chi connectivity index (χ2v) is 8.47. The van der Waals surface area contributed by atoms with E-state index in [1.165, 1.54) is 0 Å². The summed E-state index contributed by atoms with van der Waals surface area (Å²) in [6.45, 7) is 2.54. The maximum atomic E-state index is 13.7. The van der Waals surface area contributed by atoms with E-state index in [4.69, 9.17) is 0 Å². The first-order chi connectivity index (χ1) is 15.5. The molecule has 1 aliphatic rings. The van der Waals surface area contributed by atoms with Crippen LogP contribution >= 0.6 is 0 Å². The summed E-state index contributed by atoms with van der Waals surface area (Å²) >= 11 is 0. The number of nitrogens with one attached hydrogen (secondary N) is 2. The molecule has 2 aromatic rings. The molecule has 1 fully saturated rings. The van der Waals surface area contributed by atoms with Gasteiger partial charge in [0.2, 0.25) is 5.95 Å². The fourth-order valence-corrected chi connectivity index (χ4v) is 3.78. The largest absolute Gasteiger partial charge is 0.393 e. The molecule has 2 heterocycles. The lowest BCUT2D eigenvalue weighted by atomic mass is 9.93. The Labute approximate surface area is 188 Å². The number of rotatable bonds is 11.